The molecule has 1 aliphatic heterocycles. The minimum atomic E-state index is -3.56. The van der Waals surface area contributed by atoms with Crippen molar-refractivity contribution in [1.29, 1.82) is 0 Å². The molecule has 3 nitrogen and oxygen atoms in total. The second-order valence-corrected chi connectivity index (χ2v) is 3.00. The number of anilines is 1. The number of hydrogen-bond donors (Lipinski definition) is 1. The number of alkyl halides is 2. The highest BCUT2D eigenvalue weighted by Gasteiger charge is 2.43. The Bertz CT molecular complexity index is 393. The summed E-state index contributed by atoms with van der Waals surface area (Å²) in [5, 5.41) is 2.95. The molecule has 0 saturated heterocycles. The maximum Gasteiger partial charge on any atom is 0.586 e. The number of nitrogens with one attached hydrogen (secondary N) is 1. The van der Waals surface area contributed by atoms with Gasteiger partial charge in [0.05, 0.1) is 0 Å². The van der Waals surface area contributed by atoms with Crippen LogP contribution < -0.4 is 14.8 Å². The zero-order valence-electron chi connectivity index (χ0n) is 7.80. The van der Waals surface area contributed by atoms with Crippen LogP contribution in [0.1, 0.15) is 0 Å². The number of benzene rings is 1. The van der Waals surface area contributed by atoms with E-state index >= 15 is 0 Å². The molecule has 5 heteroatoms. The first-order valence-corrected chi connectivity index (χ1v) is 4.35. The summed E-state index contributed by atoms with van der Waals surface area (Å²) >= 11 is 0. The van der Waals surface area contributed by atoms with Gasteiger partial charge in [0.15, 0.2) is 11.5 Å². The topological polar surface area (TPSA) is 30.5 Å². The van der Waals surface area contributed by atoms with Gasteiger partial charge in [-0.1, -0.05) is 6.08 Å². The van der Waals surface area contributed by atoms with Crippen LogP contribution in [-0.4, -0.2) is 12.8 Å². The maximum atomic E-state index is 12.6. The molecule has 1 aliphatic rings. The van der Waals surface area contributed by atoms with Crippen molar-refractivity contribution in [3.63, 3.8) is 0 Å². The molecule has 1 N–H and O–H groups in total. The number of hydrogen-bond acceptors (Lipinski definition) is 3. The van der Waals surface area contributed by atoms with Crippen molar-refractivity contribution in [3.05, 3.63) is 30.9 Å². The van der Waals surface area contributed by atoms with Crippen molar-refractivity contribution in [2.24, 2.45) is 0 Å². The monoisotopic (exact) mass is 213 g/mol. The van der Waals surface area contributed by atoms with E-state index in [9.17, 15) is 8.78 Å². The lowest BCUT2D eigenvalue weighted by Gasteiger charge is -2.04. The number of ether oxygens (including phenoxy) is 2. The zero-order valence-corrected chi connectivity index (χ0v) is 7.80. The Labute approximate surface area is 85.3 Å². The standard InChI is InChI=1S/C10H9F2NO2/c1-2-5-13-7-3-4-8-9(6-7)15-10(11,12)14-8/h2-4,6,13H,1,5H2. The minimum absolute atomic E-state index is 0.0362. The third-order valence-corrected chi connectivity index (χ3v) is 1.85. The SMILES string of the molecule is C=CCNc1ccc2c(c1)OC(F)(F)O2. The van der Waals surface area contributed by atoms with Crippen LogP contribution in [0.15, 0.2) is 30.9 Å². The van der Waals surface area contributed by atoms with Gasteiger partial charge in [0.1, 0.15) is 0 Å². The second-order valence-electron chi connectivity index (χ2n) is 3.00. The third kappa shape index (κ3) is 2.01. The lowest BCUT2D eigenvalue weighted by Crippen LogP contribution is -2.25. The molecule has 0 spiro atoms. The summed E-state index contributed by atoms with van der Waals surface area (Å²) in [6.45, 7) is 4.08. The predicted molar refractivity (Wildman–Crippen MR) is 51.3 cm³/mol. The Kier molecular flexibility index (Phi) is 2.22. The normalized spacial score (nSPS) is 16.1. The average Bonchev–Trinajstić information content (AvgIpc) is 2.47. The van der Waals surface area contributed by atoms with Crippen LogP contribution in [0.25, 0.3) is 0 Å². The van der Waals surface area contributed by atoms with E-state index in [1.54, 1.807) is 12.1 Å². The molecule has 0 atom stereocenters. The molecule has 0 fully saturated rings. The van der Waals surface area contributed by atoms with Crippen LogP contribution >= 0.6 is 0 Å². The summed E-state index contributed by atoms with van der Waals surface area (Å²) in [5.74, 6) is 0.0817. The molecule has 0 amide bonds. The molecule has 0 saturated carbocycles. The molecule has 1 aromatic carbocycles. The van der Waals surface area contributed by atoms with E-state index in [1.165, 1.54) is 12.1 Å². The van der Waals surface area contributed by atoms with Crippen LogP contribution in [0.4, 0.5) is 14.5 Å². The van der Waals surface area contributed by atoms with Crippen LogP contribution in [0.3, 0.4) is 0 Å². The number of halogens is 2. The van der Waals surface area contributed by atoms with Crippen molar-refractivity contribution in [2.75, 3.05) is 11.9 Å². The highest BCUT2D eigenvalue weighted by Crippen LogP contribution is 2.42. The molecule has 1 aromatic rings. The molecular weight excluding hydrogens is 204 g/mol. The third-order valence-electron chi connectivity index (χ3n) is 1.85. The highest BCUT2D eigenvalue weighted by molar-refractivity contribution is 5.56. The van der Waals surface area contributed by atoms with Gasteiger partial charge in [-0.25, -0.2) is 0 Å². The van der Waals surface area contributed by atoms with E-state index in [2.05, 4.69) is 21.4 Å². The molecule has 0 radical (unpaired) electrons. The van der Waals surface area contributed by atoms with E-state index in [0.29, 0.717) is 12.2 Å². The van der Waals surface area contributed by atoms with Gasteiger partial charge in [-0.05, 0) is 12.1 Å². The summed E-state index contributed by atoms with van der Waals surface area (Å²) in [6, 6.07) is 4.52. The minimum Gasteiger partial charge on any atom is -0.395 e. The van der Waals surface area contributed by atoms with Gasteiger partial charge in [-0.2, -0.15) is 0 Å². The summed E-state index contributed by atoms with van der Waals surface area (Å²) in [5.41, 5.74) is 0.676. The number of rotatable bonds is 3. The molecule has 0 bridgehead atoms. The molecule has 80 valence electrons. The summed E-state index contributed by atoms with van der Waals surface area (Å²) in [4.78, 5) is 0. The summed E-state index contributed by atoms with van der Waals surface area (Å²) in [6.07, 6.45) is -1.89. The van der Waals surface area contributed by atoms with Crippen molar-refractivity contribution in [1.82, 2.24) is 0 Å². The lowest BCUT2D eigenvalue weighted by molar-refractivity contribution is -0.286. The average molecular weight is 213 g/mol. The lowest BCUT2D eigenvalue weighted by atomic mass is 10.3. The maximum absolute atomic E-state index is 12.6. The van der Waals surface area contributed by atoms with Gasteiger partial charge in [-0.15, -0.1) is 15.4 Å². The van der Waals surface area contributed by atoms with Crippen molar-refractivity contribution >= 4 is 5.69 Å². The molecule has 0 unspecified atom stereocenters. The van der Waals surface area contributed by atoms with Gasteiger partial charge in [0.2, 0.25) is 0 Å². The van der Waals surface area contributed by atoms with Crippen LogP contribution in [0, 0.1) is 0 Å². The Hall–Kier alpha value is -1.78. The Morgan fingerprint density at radius 2 is 2.07 bits per heavy atom. The Morgan fingerprint density at radius 1 is 1.33 bits per heavy atom. The molecule has 0 aromatic heterocycles. The summed E-state index contributed by atoms with van der Waals surface area (Å²) < 4.78 is 33.8. The number of fused-ring (bicyclic) bond motifs is 1. The fraction of sp³-hybridized carbons (Fsp3) is 0.200. The van der Waals surface area contributed by atoms with E-state index < -0.39 is 6.29 Å². The largest absolute Gasteiger partial charge is 0.586 e. The van der Waals surface area contributed by atoms with Crippen molar-refractivity contribution in [3.8, 4) is 11.5 Å². The van der Waals surface area contributed by atoms with Crippen LogP contribution in [0.2, 0.25) is 0 Å². The van der Waals surface area contributed by atoms with Gasteiger partial charge in [0, 0.05) is 18.3 Å². The first kappa shape index (κ1) is 9.76. The van der Waals surface area contributed by atoms with Gasteiger partial charge >= 0.3 is 6.29 Å². The predicted octanol–water partition coefficient (Wildman–Crippen LogP) is 2.61. The molecule has 2 rings (SSSR count). The van der Waals surface area contributed by atoms with Gasteiger partial charge in [-0.3, -0.25) is 0 Å². The fourth-order valence-electron chi connectivity index (χ4n) is 1.25. The van der Waals surface area contributed by atoms with Crippen LogP contribution in [0.5, 0.6) is 11.5 Å². The Balaban J connectivity index is 2.18. The first-order chi connectivity index (χ1) is 7.11. The Morgan fingerprint density at radius 3 is 2.80 bits per heavy atom. The van der Waals surface area contributed by atoms with Crippen molar-refractivity contribution in [2.45, 2.75) is 6.29 Å². The van der Waals surface area contributed by atoms with E-state index in [-0.39, 0.29) is 11.5 Å². The molecule has 1 heterocycles. The highest BCUT2D eigenvalue weighted by atomic mass is 19.3. The molecule has 0 aliphatic carbocycles. The zero-order chi connectivity index (χ0) is 10.9. The van der Waals surface area contributed by atoms with Crippen LogP contribution in [-0.2, 0) is 0 Å². The van der Waals surface area contributed by atoms with E-state index in [4.69, 9.17) is 0 Å². The fourth-order valence-corrected chi connectivity index (χ4v) is 1.25. The van der Waals surface area contributed by atoms with Gasteiger partial charge in [0.25, 0.3) is 0 Å². The van der Waals surface area contributed by atoms with E-state index in [1.807, 2.05) is 0 Å². The summed E-state index contributed by atoms with van der Waals surface area (Å²) in [7, 11) is 0. The second kappa shape index (κ2) is 3.42. The van der Waals surface area contributed by atoms with E-state index in [0.717, 1.165) is 0 Å². The first-order valence-electron chi connectivity index (χ1n) is 4.35. The molecular formula is C10H9F2NO2. The van der Waals surface area contributed by atoms with Gasteiger partial charge < -0.3 is 14.8 Å². The molecule has 15 heavy (non-hydrogen) atoms. The quantitative estimate of drug-likeness (QED) is 0.783. The smallest absolute Gasteiger partial charge is 0.395 e. The van der Waals surface area contributed by atoms with Crippen molar-refractivity contribution < 1.29 is 18.3 Å².